The van der Waals surface area contributed by atoms with Gasteiger partial charge >= 0.3 is 0 Å². The van der Waals surface area contributed by atoms with Crippen molar-refractivity contribution in [2.75, 3.05) is 0 Å². The van der Waals surface area contributed by atoms with Gasteiger partial charge in [-0.1, -0.05) is 37.3 Å². The summed E-state index contributed by atoms with van der Waals surface area (Å²) in [5.41, 5.74) is 2.38. The van der Waals surface area contributed by atoms with Crippen LogP contribution in [0.25, 0.3) is 11.3 Å². The number of aromatic hydroxyl groups is 1. The van der Waals surface area contributed by atoms with Gasteiger partial charge in [-0.2, -0.15) is 5.10 Å². The Hall–Kier alpha value is -1.77. The third-order valence-corrected chi connectivity index (χ3v) is 2.97. The number of benzene rings is 1. The van der Waals surface area contributed by atoms with Crippen LogP contribution in [0, 0.1) is 0 Å². The van der Waals surface area contributed by atoms with Gasteiger partial charge in [-0.15, -0.1) is 0 Å². The standard InChI is InChI=1S/C15H20N2O/c1-5-12-14(18)13(11-9-7-6-8-10-11)16-17(12)15(2,3)4/h6-10,18H,5H2,1-4H3. The maximum Gasteiger partial charge on any atom is 0.164 e. The predicted octanol–water partition coefficient (Wildman–Crippen LogP) is 3.57. The molecule has 2 rings (SSSR count). The van der Waals surface area contributed by atoms with Gasteiger partial charge in [-0.25, -0.2) is 0 Å². The van der Waals surface area contributed by atoms with Crippen molar-refractivity contribution in [1.82, 2.24) is 9.78 Å². The first-order chi connectivity index (χ1) is 8.45. The van der Waals surface area contributed by atoms with E-state index in [1.54, 1.807) is 0 Å². The molecular weight excluding hydrogens is 224 g/mol. The van der Waals surface area contributed by atoms with Gasteiger partial charge in [0.2, 0.25) is 0 Å². The summed E-state index contributed by atoms with van der Waals surface area (Å²) in [6, 6.07) is 9.80. The Balaban J connectivity index is 2.61. The van der Waals surface area contributed by atoms with Crippen molar-refractivity contribution in [3.05, 3.63) is 36.0 Å². The van der Waals surface area contributed by atoms with Crippen molar-refractivity contribution < 1.29 is 5.11 Å². The van der Waals surface area contributed by atoms with Gasteiger partial charge in [0.15, 0.2) is 5.75 Å². The highest BCUT2D eigenvalue weighted by molar-refractivity contribution is 5.67. The molecule has 0 atom stereocenters. The quantitative estimate of drug-likeness (QED) is 0.877. The molecule has 0 saturated heterocycles. The van der Waals surface area contributed by atoms with Crippen molar-refractivity contribution in [3.8, 4) is 17.0 Å². The fourth-order valence-corrected chi connectivity index (χ4v) is 2.11. The summed E-state index contributed by atoms with van der Waals surface area (Å²) in [6.07, 6.45) is 0.767. The zero-order valence-electron chi connectivity index (χ0n) is 11.4. The van der Waals surface area contributed by atoms with Crippen LogP contribution < -0.4 is 0 Å². The second kappa shape index (κ2) is 4.48. The third kappa shape index (κ3) is 2.13. The molecule has 1 N–H and O–H groups in total. The van der Waals surface area contributed by atoms with Gasteiger partial charge in [0.25, 0.3) is 0 Å². The topological polar surface area (TPSA) is 38.1 Å². The first-order valence-electron chi connectivity index (χ1n) is 6.32. The normalized spacial score (nSPS) is 11.8. The van der Waals surface area contributed by atoms with E-state index in [0.29, 0.717) is 11.4 Å². The molecule has 0 saturated carbocycles. The molecule has 96 valence electrons. The van der Waals surface area contributed by atoms with Crippen LogP contribution in [0.2, 0.25) is 0 Å². The van der Waals surface area contributed by atoms with Crippen LogP contribution >= 0.6 is 0 Å². The van der Waals surface area contributed by atoms with E-state index in [1.165, 1.54) is 0 Å². The van der Waals surface area contributed by atoms with E-state index in [4.69, 9.17) is 0 Å². The molecule has 0 aliphatic carbocycles. The van der Waals surface area contributed by atoms with Crippen LogP contribution in [0.15, 0.2) is 30.3 Å². The first-order valence-corrected chi connectivity index (χ1v) is 6.32. The van der Waals surface area contributed by atoms with E-state index in [0.717, 1.165) is 17.7 Å². The number of nitrogens with zero attached hydrogens (tertiary/aromatic N) is 2. The molecule has 3 heteroatoms. The van der Waals surface area contributed by atoms with Crippen LogP contribution in [0.4, 0.5) is 0 Å². The molecule has 0 radical (unpaired) electrons. The average Bonchev–Trinajstić information content (AvgIpc) is 2.67. The molecule has 0 unspecified atom stereocenters. The summed E-state index contributed by atoms with van der Waals surface area (Å²) >= 11 is 0. The Labute approximate surface area is 108 Å². The molecule has 0 aliphatic heterocycles. The minimum Gasteiger partial charge on any atom is -0.504 e. The number of hydrogen-bond donors (Lipinski definition) is 1. The van der Waals surface area contributed by atoms with Gasteiger partial charge in [-0.3, -0.25) is 4.68 Å². The Morgan fingerprint density at radius 2 is 1.78 bits per heavy atom. The molecule has 0 amide bonds. The Morgan fingerprint density at radius 3 is 2.22 bits per heavy atom. The smallest absolute Gasteiger partial charge is 0.164 e. The van der Waals surface area contributed by atoms with Gasteiger partial charge in [0.1, 0.15) is 5.69 Å². The molecular formula is C15H20N2O. The average molecular weight is 244 g/mol. The molecule has 1 aromatic heterocycles. The van der Waals surface area contributed by atoms with E-state index >= 15 is 0 Å². The first kappa shape index (κ1) is 12.7. The lowest BCUT2D eigenvalue weighted by atomic mass is 10.1. The second-order valence-electron chi connectivity index (χ2n) is 5.45. The van der Waals surface area contributed by atoms with Crippen molar-refractivity contribution >= 4 is 0 Å². The zero-order chi connectivity index (χ0) is 13.3. The SMILES string of the molecule is CCc1c(O)c(-c2ccccc2)nn1C(C)(C)C. The minimum absolute atomic E-state index is 0.129. The molecule has 3 nitrogen and oxygen atoms in total. The molecule has 0 fully saturated rings. The fraction of sp³-hybridized carbons (Fsp3) is 0.400. The largest absolute Gasteiger partial charge is 0.504 e. The molecule has 0 spiro atoms. The van der Waals surface area contributed by atoms with E-state index in [9.17, 15) is 5.11 Å². The highest BCUT2D eigenvalue weighted by atomic mass is 16.3. The van der Waals surface area contributed by atoms with Gasteiger partial charge < -0.3 is 5.11 Å². The predicted molar refractivity (Wildman–Crippen MR) is 73.7 cm³/mol. The molecule has 1 heterocycles. The lowest BCUT2D eigenvalue weighted by Crippen LogP contribution is -2.25. The van der Waals surface area contributed by atoms with Crippen LogP contribution in [0.3, 0.4) is 0 Å². The lowest BCUT2D eigenvalue weighted by molar-refractivity contribution is 0.340. The molecule has 2 aromatic rings. The maximum absolute atomic E-state index is 10.3. The maximum atomic E-state index is 10.3. The number of aromatic nitrogens is 2. The Kier molecular flexibility index (Phi) is 3.16. The zero-order valence-corrected chi connectivity index (χ0v) is 11.4. The van der Waals surface area contributed by atoms with Crippen molar-refractivity contribution in [3.63, 3.8) is 0 Å². The van der Waals surface area contributed by atoms with E-state index in [-0.39, 0.29) is 5.54 Å². The van der Waals surface area contributed by atoms with Gasteiger partial charge in [-0.05, 0) is 27.2 Å². The third-order valence-electron chi connectivity index (χ3n) is 2.97. The van der Waals surface area contributed by atoms with Crippen molar-refractivity contribution in [1.29, 1.82) is 0 Å². The van der Waals surface area contributed by atoms with Gasteiger partial charge in [0.05, 0.1) is 11.2 Å². The summed E-state index contributed by atoms with van der Waals surface area (Å²) in [6.45, 7) is 8.31. The Morgan fingerprint density at radius 1 is 1.17 bits per heavy atom. The number of rotatable bonds is 2. The summed E-state index contributed by atoms with van der Waals surface area (Å²) < 4.78 is 1.92. The molecule has 0 aliphatic rings. The lowest BCUT2D eigenvalue weighted by Gasteiger charge is -2.21. The van der Waals surface area contributed by atoms with E-state index < -0.39 is 0 Å². The fourth-order valence-electron chi connectivity index (χ4n) is 2.11. The van der Waals surface area contributed by atoms with Crippen LogP contribution in [0.5, 0.6) is 5.75 Å². The van der Waals surface area contributed by atoms with Crippen LogP contribution in [0.1, 0.15) is 33.4 Å². The second-order valence-corrected chi connectivity index (χ2v) is 5.45. The highest BCUT2D eigenvalue weighted by Crippen LogP contribution is 2.34. The monoisotopic (exact) mass is 244 g/mol. The van der Waals surface area contributed by atoms with Crippen LogP contribution in [-0.2, 0) is 12.0 Å². The summed E-state index contributed by atoms with van der Waals surface area (Å²) in [5.74, 6) is 0.304. The summed E-state index contributed by atoms with van der Waals surface area (Å²) in [4.78, 5) is 0. The highest BCUT2D eigenvalue weighted by Gasteiger charge is 2.24. The molecule has 1 aromatic carbocycles. The number of hydrogen-bond acceptors (Lipinski definition) is 2. The molecule has 18 heavy (non-hydrogen) atoms. The Bertz CT molecular complexity index is 536. The van der Waals surface area contributed by atoms with Crippen molar-refractivity contribution in [2.24, 2.45) is 0 Å². The van der Waals surface area contributed by atoms with Crippen LogP contribution in [-0.4, -0.2) is 14.9 Å². The summed E-state index contributed by atoms with van der Waals surface area (Å²) in [5, 5.41) is 14.9. The van der Waals surface area contributed by atoms with E-state index in [2.05, 4.69) is 25.9 Å². The van der Waals surface area contributed by atoms with Gasteiger partial charge in [0, 0.05) is 5.56 Å². The van der Waals surface area contributed by atoms with Crippen molar-refractivity contribution in [2.45, 2.75) is 39.7 Å². The summed E-state index contributed by atoms with van der Waals surface area (Å²) in [7, 11) is 0. The molecule has 0 bridgehead atoms. The minimum atomic E-state index is -0.129. The van der Waals surface area contributed by atoms with E-state index in [1.807, 2.05) is 41.9 Å².